The molecule has 0 spiro atoms. The Balaban J connectivity index is 0.00000208. The first-order valence-electron chi connectivity index (χ1n) is 8.49. The molecular weight excluding hydrogens is 324 g/mol. The number of hydrogen-bond acceptors (Lipinski definition) is 3. The predicted molar refractivity (Wildman–Crippen MR) is 99.7 cm³/mol. The molecule has 1 aliphatic rings. The normalized spacial score (nSPS) is 15.4. The summed E-state index contributed by atoms with van der Waals surface area (Å²) in [5.41, 5.74) is 10.1. The molecule has 1 saturated carbocycles. The fraction of sp³-hybridized carbons (Fsp3) is 0.526. The maximum Gasteiger partial charge on any atom is 0.224 e. The monoisotopic (exact) mass is 350 g/mol. The van der Waals surface area contributed by atoms with Crippen LogP contribution in [0.5, 0.6) is 0 Å². The van der Waals surface area contributed by atoms with Crippen molar-refractivity contribution in [1.82, 2.24) is 5.32 Å². The van der Waals surface area contributed by atoms with E-state index in [9.17, 15) is 4.79 Å². The Kier molecular flexibility index (Phi) is 5.94. The van der Waals surface area contributed by atoms with E-state index in [1.54, 1.807) is 6.26 Å². The Morgan fingerprint density at radius 1 is 1.38 bits per heavy atom. The molecule has 1 heterocycles. The molecule has 1 aromatic heterocycles. The van der Waals surface area contributed by atoms with Crippen LogP contribution < -0.4 is 11.1 Å². The van der Waals surface area contributed by atoms with Crippen molar-refractivity contribution in [3.8, 4) is 0 Å². The first-order chi connectivity index (χ1) is 11.0. The molecular formula is C19H27ClN2O2. The number of amides is 1. The Labute approximate surface area is 149 Å². The van der Waals surface area contributed by atoms with Crippen molar-refractivity contribution in [3.63, 3.8) is 0 Å². The molecule has 4 nitrogen and oxygen atoms in total. The summed E-state index contributed by atoms with van der Waals surface area (Å²) >= 11 is 0. The number of halogens is 1. The van der Waals surface area contributed by atoms with E-state index in [2.05, 4.69) is 38.2 Å². The second kappa shape index (κ2) is 7.58. The summed E-state index contributed by atoms with van der Waals surface area (Å²) in [6.45, 7) is 6.98. The van der Waals surface area contributed by atoms with Crippen LogP contribution in [0.25, 0.3) is 11.0 Å². The Hall–Kier alpha value is -1.52. The number of fused-ring (bicyclic) bond motifs is 1. The summed E-state index contributed by atoms with van der Waals surface area (Å²) in [4.78, 5) is 12.3. The highest BCUT2D eigenvalue weighted by atomic mass is 35.5. The minimum absolute atomic E-state index is 0. The first-order valence-corrected chi connectivity index (χ1v) is 8.49. The van der Waals surface area contributed by atoms with Gasteiger partial charge in [0.1, 0.15) is 5.58 Å². The molecule has 2 aromatic rings. The van der Waals surface area contributed by atoms with Gasteiger partial charge < -0.3 is 15.5 Å². The highest BCUT2D eigenvalue weighted by molar-refractivity contribution is 5.88. The van der Waals surface area contributed by atoms with Gasteiger partial charge >= 0.3 is 0 Å². The molecule has 1 atom stereocenters. The van der Waals surface area contributed by atoms with Gasteiger partial charge in [0.05, 0.1) is 12.7 Å². The second-order valence-corrected chi connectivity index (χ2v) is 7.04. The standard InChI is InChI=1S/C19H26N2O2.ClH/c1-11(2)15-8-16-14(10-23-18(16)6-12(15)3)7-19(22)21-17(9-20)13-4-5-13;/h6,8,10-11,13,17H,4-5,7,9,20H2,1-3H3,(H,21,22);1H. The van der Waals surface area contributed by atoms with Gasteiger partial charge in [-0.15, -0.1) is 12.4 Å². The van der Waals surface area contributed by atoms with Gasteiger partial charge in [-0.1, -0.05) is 13.8 Å². The van der Waals surface area contributed by atoms with Crippen LogP contribution in [0.15, 0.2) is 22.8 Å². The largest absolute Gasteiger partial charge is 0.464 e. The average Bonchev–Trinajstić information content (AvgIpc) is 3.27. The predicted octanol–water partition coefficient (Wildman–Crippen LogP) is 3.68. The van der Waals surface area contributed by atoms with Crippen LogP contribution in [-0.2, 0) is 11.2 Å². The van der Waals surface area contributed by atoms with Crippen LogP contribution in [0.1, 0.15) is 49.3 Å². The number of benzene rings is 1. The first kappa shape index (κ1) is 18.8. The van der Waals surface area contributed by atoms with E-state index < -0.39 is 0 Å². The van der Waals surface area contributed by atoms with E-state index >= 15 is 0 Å². The van der Waals surface area contributed by atoms with Crippen molar-refractivity contribution >= 4 is 29.3 Å². The summed E-state index contributed by atoms with van der Waals surface area (Å²) in [5.74, 6) is 1.05. The highest BCUT2D eigenvalue weighted by Gasteiger charge is 2.31. The second-order valence-electron chi connectivity index (χ2n) is 7.04. The van der Waals surface area contributed by atoms with E-state index in [-0.39, 0.29) is 24.4 Å². The number of hydrogen-bond donors (Lipinski definition) is 2. The Bertz CT molecular complexity index is 719. The van der Waals surface area contributed by atoms with Gasteiger partial charge in [0.2, 0.25) is 5.91 Å². The zero-order valence-electron chi connectivity index (χ0n) is 14.6. The molecule has 1 aromatic carbocycles. The van der Waals surface area contributed by atoms with Crippen LogP contribution in [-0.4, -0.2) is 18.5 Å². The van der Waals surface area contributed by atoms with E-state index in [0.29, 0.717) is 24.8 Å². The number of nitrogens with one attached hydrogen (secondary N) is 1. The van der Waals surface area contributed by atoms with E-state index in [4.69, 9.17) is 10.2 Å². The summed E-state index contributed by atoms with van der Waals surface area (Å²) in [6, 6.07) is 4.36. The molecule has 132 valence electrons. The lowest BCUT2D eigenvalue weighted by atomic mass is 9.95. The highest BCUT2D eigenvalue weighted by Crippen LogP contribution is 2.32. The van der Waals surface area contributed by atoms with E-state index in [1.807, 2.05) is 0 Å². The molecule has 3 rings (SSSR count). The zero-order chi connectivity index (χ0) is 16.6. The molecule has 0 bridgehead atoms. The van der Waals surface area contributed by atoms with Gasteiger partial charge in [0.15, 0.2) is 0 Å². The fourth-order valence-electron chi connectivity index (χ4n) is 3.30. The molecule has 1 unspecified atom stereocenters. The van der Waals surface area contributed by atoms with Gasteiger partial charge in [0.25, 0.3) is 0 Å². The number of carbonyl (C=O) groups excluding carboxylic acids is 1. The number of nitrogens with two attached hydrogens (primary N) is 1. The third-order valence-corrected chi connectivity index (χ3v) is 4.81. The molecule has 1 fully saturated rings. The average molecular weight is 351 g/mol. The van der Waals surface area contributed by atoms with E-state index in [0.717, 1.165) is 16.5 Å². The van der Waals surface area contributed by atoms with Gasteiger partial charge in [-0.3, -0.25) is 4.79 Å². The summed E-state index contributed by atoms with van der Waals surface area (Å²) in [6.07, 6.45) is 4.40. The summed E-state index contributed by atoms with van der Waals surface area (Å²) < 4.78 is 5.65. The third-order valence-electron chi connectivity index (χ3n) is 4.81. The van der Waals surface area contributed by atoms with Crippen LogP contribution in [0.4, 0.5) is 0 Å². The van der Waals surface area contributed by atoms with Crippen LogP contribution in [0, 0.1) is 12.8 Å². The molecule has 5 heteroatoms. The SMILES string of the molecule is Cc1cc2occ(CC(=O)NC(CN)C3CC3)c2cc1C(C)C.Cl. The van der Waals surface area contributed by atoms with Crippen molar-refractivity contribution in [2.45, 2.75) is 52.0 Å². The van der Waals surface area contributed by atoms with Gasteiger partial charge in [0, 0.05) is 23.5 Å². The Morgan fingerprint density at radius 3 is 2.67 bits per heavy atom. The molecule has 1 aliphatic carbocycles. The summed E-state index contributed by atoms with van der Waals surface area (Å²) in [7, 11) is 0. The molecule has 0 aliphatic heterocycles. The molecule has 1 amide bonds. The van der Waals surface area contributed by atoms with Crippen LogP contribution in [0.2, 0.25) is 0 Å². The maximum absolute atomic E-state index is 12.3. The Morgan fingerprint density at radius 2 is 2.08 bits per heavy atom. The van der Waals surface area contributed by atoms with Crippen LogP contribution in [0.3, 0.4) is 0 Å². The lowest BCUT2D eigenvalue weighted by Gasteiger charge is -2.15. The molecule has 0 saturated heterocycles. The minimum atomic E-state index is 0. The van der Waals surface area contributed by atoms with E-state index in [1.165, 1.54) is 24.0 Å². The molecule has 24 heavy (non-hydrogen) atoms. The smallest absolute Gasteiger partial charge is 0.224 e. The van der Waals surface area contributed by atoms with Crippen molar-refractivity contribution in [2.24, 2.45) is 11.7 Å². The number of furan rings is 1. The van der Waals surface area contributed by atoms with Gasteiger partial charge in [-0.25, -0.2) is 0 Å². The zero-order valence-corrected chi connectivity index (χ0v) is 15.4. The number of rotatable bonds is 6. The van der Waals surface area contributed by atoms with Crippen molar-refractivity contribution < 1.29 is 9.21 Å². The lowest BCUT2D eigenvalue weighted by Crippen LogP contribution is -2.42. The van der Waals surface area contributed by atoms with Gasteiger partial charge in [-0.2, -0.15) is 0 Å². The van der Waals surface area contributed by atoms with Crippen molar-refractivity contribution in [3.05, 3.63) is 35.1 Å². The topological polar surface area (TPSA) is 68.3 Å². The molecule has 3 N–H and O–H groups in total. The fourth-order valence-corrected chi connectivity index (χ4v) is 3.30. The van der Waals surface area contributed by atoms with Crippen LogP contribution >= 0.6 is 12.4 Å². The number of carbonyl (C=O) groups is 1. The maximum atomic E-state index is 12.3. The molecule has 0 radical (unpaired) electrons. The minimum Gasteiger partial charge on any atom is -0.464 e. The van der Waals surface area contributed by atoms with Crippen molar-refractivity contribution in [2.75, 3.05) is 6.54 Å². The van der Waals surface area contributed by atoms with Gasteiger partial charge in [-0.05, 0) is 54.9 Å². The number of aryl methyl sites for hydroxylation is 1. The summed E-state index contributed by atoms with van der Waals surface area (Å²) in [5, 5.41) is 4.12. The third kappa shape index (κ3) is 3.93. The quantitative estimate of drug-likeness (QED) is 0.835. The lowest BCUT2D eigenvalue weighted by molar-refractivity contribution is -0.121. The van der Waals surface area contributed by atoms with Crippen molar-refractivity contribution in [1.29, 1.82) is 0 Å².